The summed E-state index contributed by atoms with van der Waals surface area (Å²) in [6, 6.07) is 10.0. The number of amides is 1. The van der Waals surface area contributed by atoms with Crippen LogP contribution in [-0.4, -0.2) is 42.0 Å². The molecule has 1 aromatic carbocycles. The second kappa shape index (κ2) is 6.32. The average molecular weight is 299 g/mol. The number of likely N-dealkylation sites (tertiary alicyclic amines) is 1. The first kappa shape index (κ1) is 14.8. The van der Waals surface area contributed by atoms with Gasteiger partial charge in [-0.05, 0) is 38.9 Å². The highest BCUT2D eigenvalue weighted by Crippen LogP contribution is 2.23. The van der Waals surface area contributed by atoms with Crippen LogP contribution in [0.4, 0.5) is 0 Å². The number of nitrogens with zero attached hydrogens (tertiary/aromatic N) is 2. The molecule has 0 saturated carbocycles. The number of aromatic nitrogens is 1. The predicted molar refractivity (Wildman–Crippen MR) is 84.7 cm³/mol. The van der Waals surface area contributed by atoms with Crippen LogP contribution < -0.4 is 5.32 Å². The maximum Gasteiger partial charge on any atom is 0.291 e. The van der Waals surface area contributed by atoms with E-state index < -0.39 is 0 Å². The number of aryl methyl sites for hydroxylation is 1. The highest BCUT2D eigenvalue weighted by atomic mass is 16.4. The van der Waals surface area contributed by atoms with Crippen LogP contribution in [0.5, 0.6) is 0 Å². The fraction of sp³-hybridized carbons (Fsp3) is 0.412. The van der Waals surface area contributed by atoms with Gasteiger partial charge in [-0.3, -0.25) is 4.79 Å². The van der Waals surface area contributed by atoms with E-state index >= 15 is 0 Å². The summed E-state index contributed by atoms with van der Waals surface area (Å²) >= 11 is 0. The van der Waals surface area contributed by atoms with Gasteiger partial charge in [0, 0.05) is 24.7 Å². The van der Waals surface area contributed by atoms with Crippen LogP contribution in [-0.2, 0) is 0 Å². The third-order valence-electron chi connectivity index (χ3n) is 4.13. The van der Waals surface area contributed by atoms with Gasteiger partial charge in [0.15, 0.2) is 0 Å². The summed E-state index contributed by atoms with van der Waals surface area (Å²) in [6.45, 7) is 3.32. The lowest BCUT2D eigenvalue weighted by Gasteiger charge is -2.32. The fourth-order valence-corrected chi connectivity index (χ4v) is 2.84. The number of carbonyl (C=O) groups excluding carboxylic acids is 1. The number of hydrogen-bond acceptors (Lipinski definition) is 4. The maximum absolute atomic E-state index is 12.7. The van der Waals surface area contributed by atoms with Crippen LogP contribution in [0.1, 0.15) is 29.1 Å². The van der Waals surface area contributed by atoms with E-state index in [2.05, 4.69) is 10.3 Å². The Labute approximate surface area is 130 Å². The molecule has 1 fully saturated rings. The number of nitrogens with one attached hydrogen (secondary N) is 1. The van der Waals surface area contributed by atoms with Crippen molar-refractivity contribution < 1.29 is 9.21 Å². The van der Waals surface area contributed by atoms with E-state index in [1.807, 2.05) is 49.2 Å². The molecule has 5 nitrogen and oxygen atoms in total. The molecule has 1 saturated heterocycles. The Hall–Kier alpha value is -2.14. The van der Waals surface area contributed by atoms with Crippen LogP contribution >= 0.6 is 0 Å². The van der Waals surface area contributed by atoms with Crippen LogP contribution in [0, 0.1) is 6.92 Å². The summed E-state index contributed by atoms with van der Waals surface area (Å²) in [7, 11) is 1.94. The molecule has 5 heteroatoms. The van der Waals surface area contributed by atoms with Crippen molar-refractivity contribution in [3.63, 3.8) is 0 Å². The van der Waals surface area contributed by atoms with Gasteiger partial charge in [-0.15, -0.1) is 0 Å². The van der Waals surface area contributed by atoms with E-state index in [0.717, 1.165) is 31.5 Å². The van der Waals surface area contributed by atoms with Gasteiger partial charge in [0.2, 0.25) is 11.7 Å². The highest BCUT2D eigenvalue weighted by molar-refractivity contribution is 5.93. The molecule has 116 valence electrons. The van der Waals surface area contributed by atoms with Crippen molar-refractivity contribution in [1.82, 2.24) is 15.2 Å². The maximum atomic E-state index is 12.7. The summed E-state index contributed by atoms with van der Waals surface area (Å²) < 4.78 is 5.76. The molecule has 0 unspecified atom stereocenters. The third-order valence-corrected chi connectivity index (χ3v) is 4.13. The molecule has 3 rings (SSSR count). The molecule has 1 aliphatic rings. The van der Waals surface area contributed by atoms with Crippen molar-refractivity contribution in [1.29, 1.82) is 0 Å². The molecule has 1 aromatic heterocycles. The largest absolute Gasteiger partial charge is 0.431 e. The number of carbonyl (C=O) groups is 1. The minimum atomic E-state index is -0.0628. The Morgan fingerprint density at radius 2 is 2.14 bits per heavy atom. The summed E-state index contributed by atoms with van der Waals surface area (Å²) in [6.07, 6.45) is 2.11. The zero-order chi connectivity index (χ0) is 15.5. The second-order valence-electron chi connectivity index (χ2n) is 5.68. The number of benzene rings is 1. The van der Waals surface area contributed by atoms with E-state index in [-0.39, 0.29) is 5.91 Å². The summed E-state index contributed by atoms with van der Waals surface area (Å²) in [5.41, 5.74) is 1.53. The van der Waals surface area contributed by atoms with E-state index in [0.29, 0.717) is 23.4 Å². The van der Waals surface area contributed by atoms with Gasteiger partial charge in [-0.1, -0.05) is 18.2 Å². The van der Waals surface area contributed by atoms with E-state index in [1.54, 1.807) is 0 Å². The Morgan fingerprint density at radius 3 is 2.86 bits per heavy atom. The standard InChI is InChI=1S/C17H21N3O2/c1-12-15(17(21)20-10-6-9-14(11-20)18-2)22-16(19-12)13-7-4-3-5-8-13/h3-5,7-8,14,18H,6,9-11H2,1-2H3/t14-/m1/s1. The van der Waals surface area contributed by atoms with Gasteiger partial charge in [-0.25, -0.2) is 4.98 Å². The van der Waals surface area contributed by atoms with E-state index in [9.17, 15) is 4.79 Å². The van der Waals surface area contributed by atoms with E-state index in [1.165, 1.54) is 0 Å². The molecular weight excluding hydrogens is 278 g/mol. The molecule has 2 aromatic rings. The van der Waals surface area contributed by atoms with Gasteiger partial charge < -0.3 is 14.6 Å². The zero-order valence-corrected chi connectivity index (χ0v) is 13.0. The Kier molecular flexibility index (Phi) is 4.24. The van der Waals surface area contributed by atoms with Gasteiger partial charge >= 0.3 is 0 Å². The molecule has 1 amide bonds. The number of hydrogen-bond donors (Lipinski definition) is 1. The topological polar surface area (TPSA) is 58.4 Å². The van der Waals surface area contributed by atoms with Gasteiger partial charge in [0.05, 0.1) is 5.69 Å². The van der Waals surface area contributed by atoms with Crippen molar-refractivity contribution in [2.45, 2.75) is 25.8 Å². The average Bonchev–Trinajstić information content (AvgIpc) is 2.97. The predicted octanol–water partition coefficient (Wildman–Crippen LogP) is 2.47. The third kappa shape index (κ3) is 2.90. The van der Waals surface area contributed by atoms with Crippen molar-refractivity contribution >= 4 is 5.91 Å². The van der Waals surface area contributed by atoms with Crippen molar-refractivity contribution in [2.24, 2.45) is 0 Å². The molecule has 1 atom stereocenters. The normalized spacial score (nSPS) is 18.5. The second-order valence-corrected chi connectivity index (χ2v) is 5.68. The SMILES string of the molecule is CN[C@@H]1CCCN(C(=O)c2oc(-c3ccccc3)nc2C)C1. The quantitative estimate of drug-likeness (QED) is 0.946. The molecule has 0 aliphatic carbocycles. The first-order valence-electron chi connectivity index (χ1n) is 7.68. The van der Waals surface area contributed by atoms with Crippen molar-refractivity contribution in [2.75, 3.05) is 20.1 Å². The first-order chi connectivity index (χ1) is 10.7. The van der Waals surface area contributed by atoms with E-state index in [4.69, 9.17) is 4.42 Å². The summed E-state index contributed by atoms with van der Waals surface area (Å²) in [5, 5.41) is 3.25. The molecule has 1 N–H and O–H groups in total. The van der Waals surface area contributed by atoms with Crippen LogP contribution in [0.25, 0.3) is 11.5 Å². The highest BCUT2D eigenvalue weighted by Gasteiger charge is 2.27. The molecule has 0 bridgehead atoms. The molecule has 22 heavy (non-hydrogen) atoms. The van der Waals surface area contributed by atoms with Crippen molar-refractivity contribution in [3.05, 3.63) is 41.8 Å². The lowest BCUT2D eigenvalue weighted by Crippen LogP contribution is -2.47. The number of piperidine rings is 1. The van der Waals surface area contributed by atoms with Crippen LogP contribution in [0.3, 0.4) is 0 Å². The van der Waals surface area contributed by atoms with Crippen LogP contribution in [0.2, 0.25) is 0 Å². The Morgan fingerprint density at radius 1 is 1.36 bits per heavy atom. The molecule has 0 spiro atoms. The molecule has 2 heterocycles. The minimum absolute atomic E-state index is 0.0628. The lowest BCUT2D eigenvalue weighted by atomic mass is 10.1. The minimum Gasteiger partial charge on any atom is -0.431 e. The summed E-state index contributed by atoms with van der Waals surface area (Å²) in [5.74, 6) is 0.798. The van der Waals surface area contributed by atoms with Gasteiger partial charge in [0.25, 0.3) is 5.91 Å². The zero-order valence-electron chi connectivity index (χ0n) is 13.0. The molecule has 1 aliphatic heterocycles. The molecular formula is C17H21N3O2. The Bertz CT molecular complexity index is 651. The lowest BCUT2D eigenvalue weighted by molar-refractivity contribution is 0.0666. The Balaban J connectivity index is 1.83. The number of rotatable bonds is 3. The number of oxazole rings is 1. The van der Waals surface area contributed by atoms with Crippen molar-refractivity contribution in [3.8, 4) is 11.5 Å². The fourth-order valence-electron chi connectivity index (χ4n) is 2.84. The van der Waals surface area contributed by atoms with Crippen LogP contribution in [0.15, 0.2) is 34.7 Å². The smallest absolute Gasteiger partial charge is 0.291 e. The molecule has 0 radical (unpaired) electrons. The first-order valence-corrected chi connectivity index (χ1v) is 7.68. The van der Waals surface area contributed by atoms with Gasteiger partial charge in [-0.2, -0.15) is 0 Å². The van der Waals surface area contributed by atoms with Gasteiger partial charge in [0.1, 0.15) is 0 Å². The monoisotopic (exact) mass is 299 g/mol. The summed E-state index contributed by atoms with van der Waals surface area (Å²) in [4.78, 5) is 19.0. The number of likely N-dealkylation sites (N-methyl/N-ethyl adjacent to an activating group) is 1.